The monoisotopic (exact) mass is 253 g/mol. The van der Waals surface area contributed by atoms with Crippen LogP contribution in [0, 0.1) is 12.8 Å². The average molecular weight is 254 g/mol. The molecule has 0 spiro atoms. The van der Waals surface area contributed by atoms with Crippen LogP contribution in [0.25, 0.3) is 0 Å². The zero-order valence-corrected chi connectivity index (χ0v) is 10.1. The van der Waals surface area contributed by atoms with Gasteiger partial charge < -0.3 is 5.32 Å². The molecule has 0 aliphatic carbocycles. The molecule has 2 heteroatoms. The minimum absolute atomic E-state index is 0.911. The van der Waals surface area contributed by atoms with Gasteiger partial charge in [0.1, 0.15) is 0 Å². The first-order chi connectivity index (χ1) is 6.75. The fourth-order valence-corrected chi connectivity index (χ4v) is 2.23. The molecule has 0 amide bonds. The smallest absolute Gasteiger partial charge is 0.0178 e. The molecular weight excluding hydrogens is 238 g/mol. The van der Waals surface area contributed by atoms with Crippen molar-refractivity contribution in [3.05, 3.63) is 33.8 Å². The second kappa shape index (κ2) is 4.45. The Kier molecular flexibility index (Phi) is 3.24. The molecule has 1 N–H and O–H groups in total. The maximum atomic E-state index is 3.52. The van der Waals surface area contributed by atoms with E-state index in [0.29, 0.717) is 0 Å². The van der Waals surface area contributed by atoms with Gasteiger partial charge >= 0.3 is 0 Å². The molecule has 1 aromatic carbocycles. The molecule has 1 aromatic rings. The highest BCUT2D eigenvalue weighted by atomic mass is 79.9. The number of benzene rings is 1. The fourth-order valence-electron chi connectivity index (χ4n) is 1.82. The Bertz CT molecular complexity index is 318. The van der Waals surface area contributed by atoms with E-state index in [4.69, 9.17) is 0 Å². The summed E-state index contributed by atoms with van der Waals surface area (Å²) in [6.45, 7) is 4.63. The van der Waals surface area contributed by atoms with Gasteiger partial charge in [-0.25, -0.2) is 0 Å². The van der Waals surface area contributed by atoms with Crippen molar-refractivity contribution in [2.75, 3.05) is 13.1 Å². The van der Waals surface area contributed by atoms with E-state index >= 15 is 0 Å². The van der Waals surface area contributed by atoms with E-state index in [1.165, 1.54) is 41.5 Å². The number of rotatable bonds is 3. The summed E-state index contributed by atoms with van der Waals surface area (Å²) < 4.78 is 1.20. The van der Waals surface area contributed by atoms with Crippen LogP contribution in [0.4, 0.5) is 0 Å². The van der Waals surface area contributed by atoms with Crippen LogP contribution in [0.5, 0.6) is 0 Å². The third-order valence-electron chi connectivity index (χ3n) is 3.00. The molecule has 0 radical (unpaired) electrons. The number of nitrogens with one attached hydrogen (secondary N) is 1. The third-order valence-corrected chi connectivity index (χ3v) is 3.49. The van der Waals surface area contributed by atoms with Gasteiger partial charge in [-0.05, 0) is 62.0 Å². The predicted molar refractivity (Wildman–Crippen MR) is 63.6 cm³/mol. The highest BCUT2D eigenvalue weighted by Gasteiger charge is 2.16. The van der Waals surface area contributed by atoms with E-state index < -0.39 is 0 Å². The topological polar surface area (TPSA) is 12.0 Å². The highest BCUT2D eigenvalue weighted by molar-refractivity contribution is 9.10. The first kappa shape index (κ1) is 10.2. The van der Waals surface area contributed by atoms with Gasteiger partial charge in [0, 0.05) is 4.47 Å². The summed E-state index contributed by atoms with van der Waals surface area (Å²) in [5.74, 6) is 0.911. The maximum absolute atomic E-state index is 3.52. The predicted octanol–water partition coefficient (Wildman–Crippen LogP) is 2.91. The van der Waals surface area contributed by atoms with Crippen LogP contribution in [0.15, 0.2) is 22.7 Å². The van der Waals surface area contributed by atoms with Gasteiger partial charge in [0.25, 0.3) is 0 Å². The fraction of sp³-hybridized carbons (Fsp3) is 0.500. The Balaban J connectivity index is 1.96. The number of halogens is 1. The Morgan fingerprint density at radius 1 is 1.43 bits per heavy atom. The third kappa shape index (κ3) is 2.37. The van der Waals surface area contributed by atoms with Crippen molar-refractivity contribution in [3.8, 4) is 0 Å². The second-order valence-corrected chi connectivity index (χ2v) is 5.05. The van der Waals surface area contributed by atoms with Crippen LogP contribution in [0.3, 0.4) is 0 Å². The molecule has 0 saturated carbocycles. The van der Waals surface area contributed by atoms with Gasteiger partial charge in [0.15, 0.2) is 0 Å². The van der Waals surface area contributed by atoms with E-state index in [-0.39, 0.29) is 0 Å². The first-order valence-corrected chi connectivity index (χ1v) is 6.01. The minimum Gasteiger partial charge on any atom is -0.316 e. The van der Waals surface area contributed by atoms with Gasteiger partial charge in [-0.2, -0.15) is 0 Å². The molecule has 1 nitrogen and oxygen atoms in total. The lowest BCUT2D eigenvalue weighted by Crippen LogP contribution is -2.42. The van der Waals surface area contributed by atoms with Crippen LogP contribution >= 0.6 is 15.9 Å². The SMILES string of the molecule is Cc1ccc(Br)cc1CCC1CNC1. The molecule has 1 aliphatic heterocycles. The lowest BCUT2D eigenvalue weighted by atomic mass is 9.93. The van der Waals surface area contributed by atoms with E-state index in [1.807, 2.05) is 0 Å². The molecular formula is C12H16BrN. The van der Waals surface area contributed by atoms with Crippen molar-refractivity contribution < 1.29 is 0 Å². The number of hydrogen-bond donors (Lipinski definition) is 1. The summed E-state index contributed by atoms with van der Waals surface area (Å²) in [6.07, 6.45) is 2.54. The summed E-state index contributed by atoms with van der Waals surface area (Å²) >= 11 is 3.52. The van der Waals surface area contributed by atoms with E-state index in [9.17, 15) is 0 Å². The molecule has 0 atom stereocenters. The standard InChI is InChI=1S/C12H16BrN/c1-9-2-5-12(13)6-11(9)4-3-10-7-14-8-10/h2,5-6,10,14H,3-4,7-8H2,1H3. The molecule has 1 fully saturated rings. The van der Waals surface area contributed by atoms with E-state index in [1.54, 1.807) is 0 Å². The molecule has 1 heterocycles. The van der Waals surface area contributed by atoms with Crippen molar-refractivity contribution in [1.29, 1.82) is 0 Å². The lowest BCUT2D eigenvalue weighted by Gasteiger charge is -2.27. The molecule has 76 valence electrons. The molecule has 1 saturated heterocycles. The molecule has 14 heavy (non-hydrogen) atoms. The molecule has 1 aliphatic rings. The van der Waals surface area contributed by atoms with Gasteiger partial charge in [-0.3, -0.25) is 0 Å². The molecule has 0 aromatic heterocycles. The normalized spacial score (nSPS) is 16.7. The second-order valence-electron chi connectivity index (χ2n) is 4.13. The van der Waals surface area contributed by atoms with Crippen LogP contribution in [0.1, 0.15) is 17.5 Å². The Labute approximate surface area is 94.0 Å². The Hall–Kier alpha value is -0.340. The molecule has 2 rings (SSSR count). The minimum atomic E-state index is 0.911. The zero-order chi connectivity index (χ0) is 9.97. The summed E-state index contributed by atoms with van der Waals surface area (Å²) in [5, 5.41) is 3.31. The zero-order valence-electron chi connectivity index (χ0n) is 8.52. The highest BCUT2D eigenvalue weighted by Crippen LogP contribution is 2.20. The van der Waals surface area contributed by atoms with Gasteiger partial charge in [-0.1, -0.05) is 22.0 Å². The Morgan fingerprint density at radius 2 is 2.21 bits per heavy atom. The van der Waals surface area contributed by atoms with Crippen molar-refractivity contribution in [3.63, 3.8) is 0 Å². The largest absolute Gasteiger partial charge is 0.316 e. The van der Waals surface area contributed by atoms with Crippen molar-refractivity contribution in [2.45, 2.75) is 19.8 Å². The summed E-state index contributed by atoms with van der Waals surface area (Å²) in [4.78, 5) is 0. The van der Waals surface area contributed by atoms with Crippen molar-refractivity contribution in [1.82, 2.24) is 5.32 Å². The van der Waals surface area contributed by atoms with Crippen LogP contribution in [-0.2, 0) is 6.42 Å². The molecule has 0 unspecified atom stereocenters. The van der Waals surface area contributed by atoms with Crippen LogP contribution in [0.2, 0.25) is 0 Å². The van der Waals surface area contributed by atoms with Gasteiger partial charge in [-0.15, -0.1) is 0 Å². The quantitative estimate of drug-likeness (QED) is 0.874. The maximum Gasteiger partial charge on any atom is 0.0178 e. The summed E-state index contributed by atoms with van der Waals surface area (Å²) in [6, 6.07) is 6.56. The first-order valence-electron chi connectivity index (χ1n) is 5.21. The van der Waals surface area contributed by atoms with Gasteiger partial charge in [0.2, 0.25) is 0 Å². The van der Waals surface area contributed by atoms with Crippen LogP contribution in [-0.4, -0.2) is 13.1 Å². The lowest BCUT2D eigenvalue weighted by molar-refractivity contribution is 0.327. The summed E-state index contributed by atoms with van der Waals surface area (Å²) in [7, 11) is 0. The number of hydrogen-bond acceptors (Lipinski definition) is 1. The van der Waals surface area contributed by atoms with Gasteiger partial charge in [0.05, 0.1) is 0 Å². The van der Waals surface area contributed by atoms with Crippen molar-refractivity contribution in [2.24, 2.45) is 5.92 Å². The van der Waals surface area contributed by atoms with E-state index in [0.717, 1.165) is 5.92 Å². The van der Waals surface area contributed by atoms with Crippen molar-refractivity contribution >= 4 is 15.9 Å². The average Bonchev–Trinajstić information content (AvgIpc) is 2.08. The van der Waals surface area contributed by atoms with E-state index in [2.05, 4.69) is 46.4 Å². The van der Waals surface area contributed by atoms with Crippen LogP contribution < -0.4 is 5.32 Å². The molecule has 0 bridgehead atoms. The Morgan fingerprint density at radius 3 is 2.86 bits per heavy atom. The number of aryl methyl sites for hydroxylation is 2. The summed E-state index contributed by atoms with van der Waals surface area (Å²) in [5.41, 5.74) is 2.91.